The van der Waals surface area contributed by atoms with Gasteiger partial charge in [-0.1, -0.05) is 0 Å². The highest BCUT2D eigenvalue weighted by Gasteiger charge is 2.19. The number of rotatable bonds is 3. The van der Waals surface area contributed by atoms with Gasteiger partial charge < -0.3 is 10.1 Å². The standard InChI is InChI=1S/C11H12F2N2O/c1-11(2,6-14)15-9-4-8(13)10(16-3)5-7(9)12/h4-5,15H,1-3H3. The van der Waals surface area contributed by atoms with Gasteiger partial charge in [-0.3, -0.25) is 0 Å². The molecular formula is C11H12F2N2O. The third-order valence-corrected chi connectivity index (χ3v) is 1.97. The van der Waals surface area contributed by atoms with Gasteiger partial charge in [0, 0.05) is 12.1 Å². The molecule has 16 heavy (non-hydrogen) atoms. The number of hydrogen-bond donors (Lipinski definition) is 1. The summed E-state index contributed by atoms with van der Waals surface area (Å²) in [7, 11) is 1.25. The van der Waals surface area contributed by atoms with Crippen molar-refractivity contribution in [3.63, 3.8) is 0 Å². The second kappa shape index (κ2) is 4.35. The number of nitrogens with one attached hydrogen (secondary N) is 1. The van der Waals surface area contributed by atoms with E-state index in [1.807, 2.05) is 6.07 Å². The molecule has 0 radical (unpaired) electrons. The first-order valence-electron chi connectivity index (χ1n) is 4.62. The smallest absolute Gasteiger partial charge is 0.167 e. The molecule has 0 aliphatic rings. The van der Waals surface area contributed by atoms with E-state index in [1.165, 1.54) is 7.11 Å². The van der Waals surface area contributed by atoms with Crippen LogP contribution in [0.4, 0.5) is 14.5 Å². The van der Waals surface area contributed by atoms with Crippen LogP contribution in [0.1, 0.15) is 13.8 Å². The maximum atomic E-state index is 13.5. The maximum Gasteiger partial charge on any atom is 0.167 e. The topological polar surface area (TPSA) is 45.0 Å². The van der Waals surface area contributed by atoms with E-state index in [9.17, 15) is 8.78 Å². The molecule has 0 aliphatic carbocycles. The van der Waals surface area contributed by atoms with E-state index >= 15 is 0 Å². The van der Waals surface area contributed by atoms with Crippen LogP contribution in [0.25, 0.3) is 0 Å². The Morgan fingerprint density at radius 3 is 2.44 bits per heavy atom. The number of anilines is 1. The van der Waals surface area contributed by atoms with Crippen LogP contribution in [-0.2, 0) is 0 Å². The zero-order valence-electron chi connectivity index (χ0n) is 9.27. The van der Waals surface area contributed by atoms with Crippen LogP contribution in [0.5, 0.6) is 5.75 Å². The lowest BCUT2D eigenvalue weighted by molar-refractivity contribution is 0.383. The number of benzene rings is 1. The molecule has 0 atom stereocenters. The van der Waals surface area contributed by atoms with Gasteiger partial charge in [0.05, 0.1) is 18.9 Å². The van der Waals surface area contributed by atoms with Crippen molar-refractivity contribution >= 4 is 5.69 Å². The van der Waals surface area contributed by atoms with Gasteiger partial charge in [-0.05, 0) is 13.8 Å². The molecule has 1 aromatic rings. The van der Waals surface area contributed by atoms with Crippen molar-refractivity contribution in [3.05, 3.63) is 23.8 Å². The highest BCUT2D eigenvalue weighted by Crippen LogP contribution is 2.26. The molecule has 0 amide bonds. The van der Waals surface area contributed by atoms with Gasteiger partial charge in [0.2, 0.25) is 0 Å². The Balaban J connectivity index is 3.08. The van der Waals surface area contributed by atoms with Gasteiger partial charge >= 0.3 is 0 Å². The van der Waals surface area contributed by atoms with Crippen LogP contribution in [0.2, 0.25) is 0 Å². The van der Waals surface area contributed by atoms with E-state index in [4.69, 9.17) is 5.26 Å². The lowest BCUT2D eigenvalue weighted by Gasteiger charge is -2.19. The minimum absolute atomic E-state index is 0.0650. The molecule has 0 saturated heterocycles. The van der Waals surface area contributed by atoms with Crippen LogP contribution in [-0.4, -0.2) is 12.6 Å². The molecule has 0 aromatic heterocycles. The van der Waals surface area contributed by atoms with Crippen LogP contribution >= 0.6 is 0 Å². The van der Waals surface area contributed by atoms with Crippen molar-refractivity contribution in [2.24, 2.45) is 0 Å². The van der Waals surface area contributed by atoms with Crippen molar-refractivity contribution in [3.8, 4) is 11.8 Å². The molecule has 5 heteroatoms. The van der Waals surface area contributed by atoms with E-state index in [0.717, 1.165) is 12.1 Å². The molecule has 0 unspecified atom stereocenters. The summed E-state index contributed by atoms with van der Waals surface area (Å²) in [5.74, 6) is -1.51. The fourth-order valence-electron chi connectivity index (χ4n) is 1.15. The molecule has 0 aliphatic heterocycles. The number of methoxy groups -OCH3 is 1. The first-order chi connectivity index (χ1) is 7.39. The molecule has 0 saturated carbocycles. The van der Waals surface area contributed by atoms with Crippen molar-refractivity contribution in [1.29, 1.82) is 5.26 Å². The number of ether oxygens (including phenoxy) is 1. The van der Waals surface area contributed by atoms with Gasteiger partial charge in [0.25, 0.3) is 0 Å². The Morgan fingerprint density at radius 2 is 1.94 bits per heavy atom. The number of nitriles is 1. The molecule has 0 fully saturated rings. The summed E-state index contributed by atoms with van der Waals surface area (Å²) < 4.78 is 31.4. The number of nitrogens with zero attached hydrogens (tertiary/aromatic N) is 1. The van der Waals surface area contributed by atoms with Gasteiger partial charge in [0.15, 0.2) is 11.6 Å². The predicted octanol–water partition coefficient (Wildman–Crippen LogP) is 2.69. The summed E-state index contributed by atoms with van der Waals surface area (Å²) in [6.07, 6.45) is 0. The third kappa shape index (κ3) is 2.60. The van der Waals surface area contributed by atoms with E-state index in [-0.39, 0.29) is 11.4 Å². The average Bonchev–Trinajstić information content (AvgIpc) is 2.22. The molecule has 3 nitrogen and oxygen atoms in total. The quantitative estimate of drug-likeness (QED) is 0.861. The molecule has 0 spiro atoms. The summed E-state index contributed by atoms with van der Waals surface area (Å²) in [5.41, 5.74) is -1.04. The lowest BCUT2D eigenvalue weighted by atomic mass is 10.1. The first-order valence-corrected chi connectivity index (χ1v) is 4.62. The highest BCUT2D eigenvalue weighted by molar-refractivity contribution is 5.51. The second-order valence-corrected chi connectivity index (χ2v) is 3.83. The van der Waals surface area contributed by atoms with Gasteiger partial charge in [-0.2, -0.15) is 5.26 Å². The van der Waals surface area contributed by atoms with Gasteiger partial charge in [-0.25, -0.2) is 8.78 Å². The van der Waals surface area contributed by atoms with Crippen molar-refractivity contribution in [2.75, 3.05) is 12.4 Å². The predicted molar refractivity (Wildman–Crippen MR) is 56.2 cm³/mol. The Labute approximate surface area is 92.6 Å². The Kier molecular flexibility index (Phi) is 3.33. The van der Waals surface area contributed by atoms with E-state index in [0.29, 0.717) is 0 Å². The molecule has 1 rings (SSSR count). The zero-order chi connectivity index (χ0) is 12.3. The summed E-state index contributed by atoms with van der Waals surface area (Å²) >= 11 is 0. The van der Waals surface area contributed by atoms with E-state index < -0.39 is 17.2 Å². The summed E-state index contributed by atoms with van der Waals surface area (Å²) in [6.45, 7) is 3.13. The zero-order valence-corrected chi connectivity index (χ0v) is 9.27. The molecule has 86 valence electrons. The van der Waals surface area contributed by atoms with Crippen LogP contribution in [0, 0.1) is 23.0 Å². The molecule has 0 heterocycles. The molecular weight excluding hydrogens is 214 g/mol. The Morgan fingerprint density at radius 1 is 1.31 bits per heavy atom. The minimum atomic E-state index is -0.970. The fourth-order valence-corrected chi connectivity index (χ4v) is 1.15. The summed E-state index contributed by atoms with van der Waals surface area (Å²) in [4.78, 5) is 0. The van der Waals surface area contributed by atoms with Crippen molar-refractivity contribution in [1.82, 2.24) is 0 Å². The Bertz CT molecular complexity index is 438. The summed E-state index contributed by atoms with van der Waals surface area (Å²) in [5, 5.41) is 11.4. The molecule has 0 bridgehead atoms. The third-order valence-electron chi connectivity index (χ3n) is 1.97. The largest absolute Gasteiger partial charge is 0.494 e. The van der Waals surface area contributed by atoms with Crippen molar-refractivity contribution < 1.29 is 13.5 Å². The molecule has 1 aromatic carbocycles. The van der Waals surface area contributed by atoms with Gasteiger partial charge in [0.1, 0.15) is 11.4 Å². The minimum Gasteiger partial charge on any atom is -0.494 e. The lowest BCUT2D eigenvalue weighted by Crippen LogP contribution is -2.29. The van der Waals surface area contributed by atoms with E-state index in [1.54, 1.807) is 13.8 Å². The van der Waals surface area contributed by atoms with Crippen molar-refractivity contribution in [2.45, 2.75) is 19.4 Å². The van der Waals surface area contributed by atoms with E-state index in [2.05, 4.69) is 10.1 Å². The first kappa shape index (κ1) is 12.2. The SMILES string of the molecule is COc1cc(F)c(NC(C)(C)C#N)cc1F. The van der Waals surface area contributed by atoms with Crippen LogP contribution in [0.15, 0.2) is 12.1 Å². The normalized spacial score (nSPS) is 10.8. The van der Waals surface area contributed by atoms with Gasteiger partial charge in [-0.15, -0.1) is 0 Å². The fraction of sp³-hybridized carbons (Fsp3) is 0.364. The van der Waals surface area contributed by atoms with Crippen LogP contribution < -0.4 is 10.1 Å². The second-order valence-electron chi connectivity index (χ2n) is 3.83. The number of halogens is 2. The number of hydrogen-bond acceptors (Lipinski definition) is 3. The maximum absolute atomic E-state index is 13.5. The molecule has 1 N–H and O–H groups in total. The Hall–Kier alpha value is -1.83. The van der Waals surface area contributed by atoms with Crippen LogP contribution in [0.3, 0.4) is 0 Å². The monoisotopic (exact) mass is 226 g/mol. The average molecular weight is 226 g/mol. The summed E-state index contributed by atoms with van der Waals surface area (Å²) in [6, 6.07) is 3.83. The highest BCUT2D eigenvalue weighted by atomic mass is 19.1.